The second kappa shape index (κ2) is 8.46. The van der Waals surface area contributed by atoms with Crippen LogP contribution in [0, 0.1) is 11.3 Å². The molecule has 0 aromatic rings. The molecule has 1 atom stereocenters. The predicted octanol–water partition coefficient (Wildman–Crippen LogP) is 3.24. The van der Waals surface area contributed by atoms with Crippen LogP contribution >= 0.6 is 0 Å². The highest BCUT2D eigenvalue weighted by atomic mass is 14.6. The Hall–Kier alpha value is -1.14. The van der Waals surface area contributed by atoms with Crippen LogP contribution in [0.4, 0.5) is 0 Å². The minimum absolute atomic E-state index is 0.197. The van der Waals surface area contributed by atoms with E-state index in [9.17, 15) is 0 Å². The highest BCUT2D eigenvalue weighted by Crippen LogP contribution is 2.12. The Balaban J connectivity index is 3.81. The van der Waals surface area contributed by atoms with E-state index in [1.165, 1.54) is 11.8 Å². The first-order valence-corrected chi connectivity index (χ1v) is 5.09. The molecule has 0 aliphatic carbocycles. The van der Waals surface area contributed by atoms with Crippen molar-refractivity contribution in [2.45, 2.75) is 32.6 Å². The fourth-order valence-corrected chi connectivity index (χ4v) is 1.33. The molecule has 0 spiro atoms. The summed E-state index contributed by atoms with van der Waals surface area (Å²) >= 11 is 0. The van der Waals surface area contributed by atoms with E-state index in [2.05, 4.69) is 24.2 Å². The zero-order valence-electron chi connectivity index (χ0n) is 9.21. The zero-order chi connectivity index (χ0) is 10.8. The van der Waals surface area contributed by atoms with E-state index in [4.69, 9.17) is 5.41 Å². The first kappa shape index (κ1) is 12.9. The maximum Gasteiger partial charge on any atom is 0.0285 e. The van der Waals surface area contributed by atoms with Crippen molar-refractivity contribution in [3.63, 3.8) is 0 Å². The second-order valence-corrected chi connectivity index (χ2v) is 3.26. The molecule has 0 amide bonds. The summed E-state index contributed by atoms with van der Waals surface area (Å²) in [7, 11) is 1.75. The molecular weight excluding hydrogens is 172 g/mol. The van der Waals surface area contributed by atoms with Crippen molar-refractivity contribution in [2.75, 3.05) is 7.05 Å². The number of rotatable bonds is 7. The molecule has 0 aromatic carbocycles. The maximum atomic E-state index is 7.19. The largest absolute Gasteiger partial charge is 0.312 e. The molecule has 0 radical (unpaired) electrons. The lowest BCUT2D eigenvalue weighted by molar-refractivity contribution is 0.697. The van der Waals surface area contributed by atoms with Gasteiger partial charge in [-0.2, -0.15) is 0 Å². The molecule has 0 fully saturated rings. The van der Waals surface area contributed by atoms with E-state index in [1.807, 2.05) is 6.21 Å². The van der Waals surface area contributed by atoms with E-state index in [1.54, 1.807) is 7.05 Å². The molecule has 1 N–H and O–H groups in total. The van der Waals surface area contributed by atoms with Crippen molar-refractivity contribution in [1.29, 1.82) is 5.41 Å². The molecular formula is C12H20N2. The van der Waals surface area contributed by atoms with Gasteiger partial charge >= 0.3 is 0 Å². The van der Waals surface area contributed by atoms with Gasteiger partial charge in [-0.15, -0.1) is 5.73 Å². The topological polar surface area (TPSA) is 36.2 Å². The van der Waals surface area contributed by atoms with Crippen LogP contribution in [0.15, 0.2) is 22.9 Å². The summed E-state index contributed by atoms with van der Waals surface area (Å²) < 4.78 is 0. The van der Waals surface area contributed by atoms with Gasteiger partial charge in [-0.1, -0.05) is 13.5 Å². The molecule has 0 saturated carbocycles. The molecule has 2 nitrogen and oxygen atoms in total. The van der Waals surface area contributed by atoms with Crippen LogP contribution in [0.1, 0.15) is 32.6 Å². The van der Waals surface area contributed by atoms with E-state index in [0.717, 1.165) is 25.7 Å². The number of hydrogen-bond acceptors (Lipinski definition) is 2. The Morgan fingerprint density at radius 1 is 1.64 bits per heavy atom. The summed E-state index contributed by atoms with van der Waals surface area (Å²) in [6.45, 7) is 5.77. The van der Waals surface area contributed by atoms with Gasteiger partial charge in [0.15, 0.2) is 0 Å². The molecule has 0 saturated heterocycles. The van der Waals surface area contributed by atoms with Crippen LogP contribution < -0.4 is 0 Å². The van der Waals surface area contributed by atoms with Gasteiger partial charge in [-0.3, -0.25) is 0 Å². The fourth-order valence-electron chi connectivity index (χ4n) is 1.33. The van der Waals surface area contributed by atoms with Gasteiger partial charge in [-0.25, -0.2) is 0 Å². The van der Waals surface area contributed by atoms with Crippen LogP contribution in [0.3, 0.4) is 0 Å². The Labute approximate surface area is 87.0 Å². The summed E-state index contributed by atoms with van der Waals surface area (Å²) in [4.78, 5) is 3.93. The molecule has 0 aliphatic rings. The third-order valence-electron chi connectivity index (χ3n) is 2.25. The highest BCUT2D eigenvalue weighted by molar-refractivity contribution is 5.81. The fraction of sp³-hybridized carbons (Fsp3) is 0.583. The van der Waals surface area contributed by atoms with Crippen molar-refractivity contribution in [3.05, 3.63) is 17.9 Å². The normalized spacial score (nSPS) is 12.4. The van der Waals surface area contributed by atoms with Gasteiger partial charge in [0, 0.05) is 25.4 Å². The average Bonchev–Trinajstić information content (AvgIpc) is 2.23. The van der Waals surface area contributed by atoms with Gasteiger partial charge in [0.1, 0.15) is 0 Å². The zero-order valence-corrected chi connectivity index (χ0v) is 9.21. The van der Waals surface area contributed by atoms with Crippen molar-refractivity contribution >= 4 is 12.4 Å². The van der Waals surface area contributed by atoms with Crippen LogP contribution in [-0.2, 0) is 0 Å². The van der Waals surface area contributed by atoms with Gasteiger partial charge in [-0.05, 0) is 31.3 Å². The second-order valence-electron chi connectivity index (χ2n) is 3.26. The van der Waals surface area contributed by atoms with E-state index in [-0.39, 0.29) is 5.92 Å². The quantitative estimate of drug-likeness (QED) is 0.475. The van der Waals surface area contributed by atoms with Crippen LogP contribution in [0.2, 0.25) is 0 Å². The van der Waals surface area contributed by atoms with Crippen LogP contribution in [-0.4, -0.2) is 19.5 Å². The maximum absolute atomic E-state index is 7.19. The smallest absolute Gasteiger partial charge is 0.0285 e. The van der Waals surface area contributed by atoms with Crippen LogP contribution in [0.5, 0.6) is 0 Å². The lowest BCUT2D eigenvalue weighted by Crippen LogP contribution is -2.02. The number of nitrogens with zero attached hydrogens (tertiary/aromatic N) is 1. The van der Waals surface area contributed by atoms with Gasteiger partial charge in [0.05, 0.1) is 0 Å². The minimum Gasteiger partial charge on any atom is -0.312 e. The molecule has 0 aromatic heterocycles. The summed E-state index contributed by atoms with van der Waals surface area (Å²) in [6, 6.07) is 0. The lowest BCUT2D eigenvalue weighted by atomic mass is 10.0. The molecule has 14 heavy (non-hydrogen) atoms. The summed E-state index contributed by atoms with van der Waals surface area (Å²) in [6.07, 6.45) is 7.43. The van der Waals surface area contributed by atoms with E-state index in [0.29, 0.717) is 0 Å². The Morgan fingerprint density at radius 3 is 2.79 bits per heavy atom. The molecule has 0 rings (SSSR count). The summed E-state index contributed by atoms with van der Waals surface area (Å²) in [5.41, 5.74) is 4.23. The van der Waals surface area contributed by atoms with Gasteiger partial charge in [0.25, 0.3) is 0 Å². The Kier molecular flexibility index (Phi) is 7.77. The number of nitrogens with one attached hydrogen (secondary N) is 1. The molecule has 0 bridgehead atoms. The summed E-state index contributed by atoms with van der Waals surface area (Å²) in [5, 5.41) is 7.19. The van der Waals surface area contributed by atoms with Gasteiger partial charge in [0.2, 0.25) is 0 Å². The number of hydrogen-bond donors (Lipinski definition) is 1. The Bertz CT molecular complexity index is 235. The minimum atomic E-state index is 0.197. The van der Waals surface area contributed by atoms with E-state index < -0.39 is 0 Å². The third-order valence-corrected chi connectivity index (χ3v) is 2.25. The monoisotopic (exact) mass is 192 g/mol. The molecule has 0 heterocycles. The van der Waals surface area contributed by atoms with Crippen molar-refractivity contribution in [2.24, 2.45) is 10.9 Å². The van der Waals surface area contributed by atoms with Crippen molar-refractivity contribution in [1.82, 2.24) is 0 Å². The third kappa shape index (κ3) is 5.50. The van der Waals surface area contributed by atoms with Crippen LogP contribution in [0.25, 0.3) is 0 Å². The number of aliphatic imine (C=N–C) groups is 1. The van der Waals surface area contributed by atoms with Gasteiger partial charge < -0.3 is 10.4 Å². The average molecular weight is 192 g/mol. The van der Waals surface area contributed by atoms with E-state index >= 15 is 0 Å². The molecule has 78 valence electrons. The SMILES string of the molecule is C=C=C(CC)CCCC(C=N)C=NC. The first-order chi connectivity index (χ1) is 6.78. The molecule has 2 heteroatoms. The summed E-state index contributed by atoms with van der Waals surface area (Å²) in [5.74, 6) is 0.197. The number of allylic oxidation sites excluding steroid dienone is 1. The standard InChI is InChI=1S/C12H20N2/c1-4-11(5-2)7-6-8-12(9-13)10-14-3/h9-10,12-13H,1,5-8H2,2-3H3. The first-order valence-electron chi connectivity index (χ1n) is 5.09. The predicted molar refractivity (Wildman–Crippen MR) is 63.5 cm³/mol. The van der Waals surface area contributed by atoms with Crippen molar-refractivity contribution < 1.29 is 0 Å². The molecule has 0 aliphatic heterocycles. The molecule has 1 unspecified atom stereocenters. The lowest BCUT2D eigenvalue weighted by Gasteiger charge is -2.05. The van der Waals surface area contributed by atoms with Crippen molar-refractivity contribution in [3.8, 4) is 0 Å². The highest BCUT2D eigenvalue weighted by Gasteiger charge is 2.01. The Morgan fingerprint density at radius 2 is 2.36 bits per heavy atom.